The Kier molecular flexibility index (Phi) is 9.93. The highest BCUT2D eigenvalue weighted by atomic mass is 35.5. The second kappa shape index (κ2) is 12.7. The molecule has 0 saturated carbocycles. The van der Waals surface area contributed by atoms with Crippen molar-refractivity contribution in [3.8, 4) is 0 Å². The molecule has 6 heteroatoms. The summed E-state index contributed by atoms with van der Waals surface area (Å²) in [5.41, 5.74) is 4.39. The molecular weight excluding hydrogens is 462 g/mol. The molecule has 0 heterocycles. The number of ether oxygens (including phenoxy) is 2. The summed E-state index contributed by atoms with van der Waals surface area (Å²) in [4.78, 5) is 11.7. The van der Waals surface area contributed by atoms with E-state index in [-0.39, 0.29) is 18.2 Å². The smallest absolute Gasteiger partial charge is 0.330 e. The number of hydrogen-bond donors (Lipinski definition) is 2. The highest BCUT2D eigenvalue weighted by molar-refractivity contribution is 6.31. The molecule has 0 saturated heterocycles. The number of aliphatic hydroxyl groups excluding tert-OH is 1. The summed E-state index contributed by atoms with van der Waals surface area (Å²) < 4.78 is 10.9. The van der Waals surface area contributed by atoms with Gasteiger partial charge in [-0.05, 0) is 81.7 Å². The van der Waals surface area contributed by atoms with Gasteiger partial charge in [0.2, 0.25) is 0 Å². The van der Waals surface area contributed by atoms with E-state index in [1.165, 1.54) is 17.2 Å². The fourth-order valence-corrected chi connectivity index (χ4v) is 5.19. The number of benzene rings is 2. The van der Waals surface area contributed by atoms with Crippen LogP contribution in [0.3, 0.4) is 0 Å². The van der Waals surface area contributed by atoms with Gasteiger partial charge in [-0.15, -0.1) is 0 Å². The Morgan fingerprint density at radius 1 is 1.20 bits per heavy atom. The monoisotopic (exact) mass is 499 g/mol. The number of rotatable bonds is 12. The lowest BCUT2D eigenvalue weighted by Crippen LogP contribution is -2.45. The molecule has 0 aromatic heterocycles. The summed E-state index contributed by atoms with van der Waals surface area (Å²) in [6.07, 6.45) is 5.34. The highest BCUT2D eigenvalue weighted by Crippen LogP contribution is 2.32. The zero-order valence-electron chi connectivity index (χ0n) is 21.2. The molecule has 5 nitrogen and oxygen atoms in total. The first kappa shape index (κ1) is 27.4. The van der Waals surface area contributed by atoms with Gasteiger partial charge in [-0.1, -0.05) is 48.0 Å². The summed E-state index contributed by atoms with van der Waals surface area (Å²) in [5, 5.41) is 14.7. The minimum atomic E-state index is -0.654. The average molecular weight is 500 g/mol. The van der Waals surface area contributed by atoms with Gasteiger partial charge in [0, 0.05) is 28.7 Å². The Bertz CT molecular complexity index is 994. The molecule has 0 fully saturated rings. The van der Waals surface area contributed by atoms with Gasteiger partial charge in [0.15, 0.2) is 0 Å². The molecule has 35 heavy (non-hydrogen) atoms. The Labute approximate surface area is 214 Å². The van der Waals surface area contributed by atoms with Gasteiger partial charge in [0.25, 0.3) is 0 Å². The number of fused-ring (bicyclic) bond motifs is 1. The molecule has 2 aromatic carbocycles. The minimum absolute atomic E-state index is 0.0902. The summed E-state index contributed by atoms with van der Waals surface area (Å²) >= 11 is 6.45. The van der Waals surface area contributed by atoms with Crippen molar-refractivity contribution in [2.45, 2.75) is 64.7 Å². The van der Waals surface area contributed by atoms with Crippen LogP contribution < -0.4 is 5.32 Å². The normalized spacial score (nSPS) is 15.8. The lowest BCUT2D eigenvalue weighted by atomic mass is 9.88. The van der Waals surface area contributed by atoms with E-state index in [4.69, 9.17) is 21.1 Å². The Morgan fingerprint density at radius 3 is 2.54 bits per heavy atom. The molecule has 1 unspecified atom stereocenters. The molecule has 1 aliphatic rings. The van der Waals surface area contributed by atoms with Crippen LogP contribution in [-0.4, -0.2) is 42.5 Å². The first-order chi connectivity index (χ1) is 16.7. The quantitative estimate of drug-likeness (QED) is 0.297. The zero-order chi connectivity index (χ0) is 25.4. The Hall–Kier alpha value is -2.18. The third-order valence-electron chi connectivity index (χ3n) is 6.47. The fourth-order valence-electron chi connectivity index (χ4n) is 4.86. The van der Waals surface area contributed by atoms with Crippen LogP contribution in [0.2, 0.25) is 5.02 Å². The van der Waals surface area contributed by atoms with Crippen LogP contribution in [0.1, 0.15) is 62.5 Å². The number of halogens is 1. The Balaban J connectivity index is 1.49. The lowest BCUT2D eigenvalue weighted by Gasteiger charge is -2.31. The molecule has 0 spiro atoms. The molecule has 2 atom stereocenters. The lowest BCUT2D eigenvalue weighted by molar-refractivity contribution is -0.137. The molecule has 190 valence electrons. The van der Waals surface area contributed by atoms with Gasteiger partial charge in [-0.25, -0.2) is 4.79 Å². The minimum Gasteiger partial charge on any atom is -0.463 e. The van der Waals surface area contributed by atoms with Crippen molar-refractivity contribution in [2.24, 2.45) is 5.92 Å². The maximum atomic E-state index is 11.7. The maximum Gasteiger partial charge on any atom is 0.330 e. The van der Waals surface area contributed by atoms with Crippen molar-refractivity contribution < 1.29 is 19.4 Å². The first-order valence-corrected chi connectivity index (χ1v) is 12.8. The predicted octanol–water partition coefficient (Wildman–Crippen LogP) is 5.53. The summed E-state index contributed by atoms with van der Waals surface area (Å²) in [7, 11) is 0. The van der Waals surface area contributed by atoms with Crippen molar-refractivity contribution in [2.75, 3.05) is 19.8 Å². The van der Waals surface area contributed by atoms with Gasteiger partial charge in [-0.2, -0.15) is 0 Å². The molecule has 2 N–H and O–H groups in total. The molecule has 0 bridgehead atoms. The maximum absolute atomic E-state index is 11.7. The van der Waals surface area contributed by atoms with Crippen LogP contribution >= 0.6 is 11.6 Å². The Morgan fingerprint density at radius 2 is 1.89 bits per heavy atom. The van der Waals surface area contributed by atoms with Gasteiger partial charge < -0.3 is 19.9 Å². The SMILES string of the molecule is CCOC(=O)/C=C/c1cccc(Cl)c1C(C)OC[C@H](O)CNC(C)(C)CC1Cc2ccccc2C1. The van der Waals surface area contributed by atoms with E-state index < -0.39 is 12.1 Å². The molecular formula is C29H38ClNO4. The van der Waals surface area contributed by atoms with Crippen LogP contribution in [0.4, 0.5) is 0 Å². The number of β-amino-alcohol motifs (C(OH)–C–C–N with tert-alkyl or cyclic N) is 1. The van der Waals surface area contributed by atoms with Crippen LogP contribution in [0.5, 0.6) is 0 Å². The van der Waals surface area contributed by atoms with Crippen molar-refractivity contribution in [1.29, 1.82) is 0 Å². The van der Waals surface area contributed by atoms with E-state index >= 15 is 0 Å². The second-order valence-corrected chi connectivity index (χ2v) is 10.4. The van der Waals surface area contributed by atoms with E-state index in [2.05, 4.69) is 43.4 Å². The second-order valence-electron chi connectivity index (χ2n) is 9.97. The summed E-state index contributed by atoms with van der Waals surface area (Å²) in [5.74, 6) is 0.210. The number of carbonyl (C=O) groups is 1. The van der Waals surface area contributed by atoms with Crippen LogP contribution in [0, 0.1) is 5.92 Å². The summed E-state index contributed by atoms with van der Waals surface area (Å²) in [6, 6.07) is 14.2. The van der Waals surface area contributed by atoms with Crippen molar-refractivity contribution >= 4 is 23.6 Å². The van der Waals surface area contributed by atoms with Gasteiger partial charge in [0.05, 0.1) is 25.4 Å². The van der Waals surface area contributed by atoms with E-state index in [0.717, 1.165) is 30.4 Å². The molecule has 1 aliphatic carbocycles. The molecule has 3 rings (SSSR count). The number of hydrogen-bond acceptors (Lipinski definition) is 5. The molecule has 0 amide bonds. The number of aliphatic hydroxyl groups is 1. The van der Waals surface area contributed by atoms with Crippen LogP contribution in [-0.2, 0) is 27.1 Å². The number of esters is 1. The molecule has 0 aliphatic heterocycles. The first-order valence-electron chi connectivity index (χ1n) is 12.4. The van der Waals surface area contributed by atoms with Crippen LogP contribution in [0.15, 0.2) is 48.5 Å². The van der Waals surface area contributed by atoms with Crippen molar-refractivity contribution in [1.82, 2.24) is 5.32 Å². The summed E-state index contributed by atoms with van der Waals surface area (Å²) in [6.45, 7) is 8.98. The predicted molar refractivity (Wildman–Crippen MR) is 142 cm³/mol. The third-order valence-corrected chi connectivity index (χ3v) is 6.80. The highest BCUT2D eigenvalue weighted by Gasteiger charge is 2.28. The molecule has 2 aromatic rings. The topological polar surface area (TPSA) is 67.8 Å². The molecule has 0 radical (unpaired) electrons. The standard InChI is InChI=1S/C29H38ClNO4/c1-5-34-27(33)14-13-22-11-8-12-26(30)28(22)20(2)35-19-25(32)18-31-29(3,4)17-21-15-23-9-6-7-10-24(23)16-21/h6-14,20-21,25,31-32H,5,15-19H2,1-4H3/b14-13+/t20?,25-/m1/s1. The van der Waals surface area contributed by atoms with Crippen LogP contribution in [0.25, 0.3) is 6.08 Å². The number of nitrogens with one attached hydrogen (secondary N) is 1. The van der Waals surface area contributed by atoms with E-state index in [1.807, 2.05) is 19.1 Å². The van der Waals surface area contributed by atoms with Crippen molar-refractivity contribution in [3.63, 3.8) is 0 Å². The third kappa shape index (κ3) is 8.18. The van der Waals surface area contributed by atoms with E-state index in [0.29, 0.717) is 24.1 Å². The van der Waals surface area contributed by atoms with E-state index in [1.54, 1.807) is 19.1 Å². The van der Waals surface area contributed by atoms with Gasteiger partial charge in [-0.3, -0.25) is 0 Å². The van der Waals surface area contributed by atoms with Crippen molar-refractivity contribution in [3.05, 3.63) is 75.8 Å². The average Bonchev–Trinajstić information content (AvgIpc) is 3.21. The zero-order valence-corrected chi connectivity index (χ0v) is 22.0. The van der Waals surface area contributed by atoms with Gasteiger partial charge >= 0.3 is 5.97 Å². The number of carbonyl (C=O) groups excluding carboxylic acids is 1. The fraction of sp³-hybridized carbons (Fsp3) is 0.483. The van der Waals surface area contributed by atoms with Gasteiger partial charge in [0.1, 0.15) is 0 Å². The van der Waals surface area contributed by atoms with E-state index in [9.17, 15) is 9.90 Å². The largest absolute Gasteiger partial charge is 0.463 e.